The lowest BCUT2D eigenvalue weighted by Gasteiger charge is -2.07. The number of thiazole rings is 1. The largest absolute Gasteiger partial charge is 0.416 e. The summed E-state index contributed by atoms with van der Waals surface area (Å²) in [5.74, 6) is -0.796. The first-order chi connectivity index (χ1) is 13.5. The third-order valence-electron chi connectivity index (χ3n) is 4.16. The minimum absolute atomic E-state index is 0.144. The molecule has 0 N–H and O–H groups in total. The molecule has 3 rings (SSSR count). The molecule has 0 aliphatic rings. The smallest absolute Gasteiger partial charge is 0.316 e. The van der Waals surface area contributed by atoms with Gasteiger partial charge in [0, 0.05) is 18.4 Å². The fourth-order valence-electron chi connectivity index (χ4n) is 2.79. The number of aromatic nitrogens is 1. The second kappa shape index (κ2) is 7.75. The van der Waals surface area contributed by atoms with Gasteiger partial charge in [0.05, 0.1) is 20.7 Å². The molecule has 0 unspecified atom stereocenters. The van der Waals surface area contributed by atoms with Crippen LogP contribution in [0.4, 0.5) is 13.2 Å². The van der Waals surface area contributed by atoms with Crippen LogP contribution in [0.5, 0.6) is 0 Å². The lowest BCUT2D eigenvalue weighted by Crippen LogP contribution is -2.17. The Bertz CT molecular complexity index is 1260. The van der Waals surface area contributed by atoms with E-state index in [0.717, 1.165) is 42.2 Å². The van der Waals surface area contributed by atoms with Gasteiger partial charge >= 0.3 is 6.18 Å². The molecule has 3 aromatic rings. The number of carbonyl (C=O) groups is 1. The molecule has 0 atom stereocenters. The quantitative estimate of drug-likeness (QED) is 0.606. The van der Waals surface area contributed by atoms with Gasteiger partial charge in [-0.3, -0.25) is 4.79 Å². The van der Waals surface area contributed by atoms with Crippen LogP contribution in [0.25, 0.3) is 10.2 Å². The van der Waals surface area contributed by atoms with E-state index in [-0.39, 0.29) is 10.5 Å². The van der Waals surface area contributed by atoms with Gasteiger partial charge in [-0.2, -0.15) is 18.2 Å². The fourth-order valence-corrected chi connectivity index (χ4v) is 4.60. The van der Waals surface area contributed by atoms with Crippen molar-refractivity contribution in [1.82, 2.24) is 4.57 Å². The van der Waals surface area contributed by atoms with Gasteiger partial charge in [-0.25, -0.2) is 8.42 Å². The number of fused-ring (bicyclic) bond motifs is 1. The molecular weight excluding hydrogens is 425 g/mol. The number of hydrogen-bond donors (Lipinski definition) is 0. The molecule has 1 heterocycles. The molecule has 154 valence electrons. The number of nitrogens with zero attached hydrogens (tertiary/aromatic N) is 2. The molecule has 5 nitrogen and oxygen atoms in total. The predicted molar refractivity (Wildman–Crippen MR) is 105 cm³/mol. The van der Waals surface area contributed by atoms with Crippen molar-refractivity contribution in [2.75, 3.05) is 6.26 Å². The second-order valence-electron chi connectivity index (χ2n) is 6.43. The lowest BCUT2D eigenvalue weighted by atomic mass is 10.1. The third kappa shape index (κ3) is 4.59. The Morgan fingerprint density at radius 2 is 1.90 bits per heavy atom. The van der Waals surface area contributed by atoms with Crippen molar-refractivity contribution in [2.24, 2.45) is 4.99 Å². The maximum atomic E-state index is 12.9. The lowest BCUT2D eigenvalue weighted by molar-refractivity contribution is -0.137. The fraction of sp³-hybridized carbons (Fsp3) is 0.263. The Balaban J connectivity index is 2.14. The number of hydrogen-bond acceptors (Lipinski definition) is 4. The van der Waals surface area contributed by atoms with Crippen LogP contribution in [0, 0.1) is 0 Å². The number of carbonyl (C=O) groups excluding carboxylic acids is 1. The molecule has 0 saturated carbocycles. The summed E-state index contributed by atoms with van der Waals surface area (Å²) in [5, 5.41) is 0. The van der Waals surface area contributed by atoms with Crippen LogP contribution in [0.1, 0.15) is 29.3 Å². The van der Waals surface area contributed by atoms with Crippen LogP contribution in [-0.4, -0.2) is 25.1 Å². The summed E-state index contributed by atoms with van der Waals surface area (Å²) in [6, 6.07) is 8.73. The Labute approximate surface area is 169 Å². The van der Waals surface area contributed by atoms with Crippen molar-refractivity contribution in [3.8, 4) is 0 Å². The van der Waals surface area contributed by atoms with Crippen molar-refractivity contribution in [3.63, 3.8) is 0 Å². The van der Waals surface area contributed by atoms with E-state index < -0.39 is 27.5 Å². The summed E-state index contributed by atoms with van der Waals surface area (Å²) < 4.78 is 64.7. The molecule has 2 aromatic carbocycles. The number of benzene rings is 2. The normalized spacial score (nSPS) is 13.2. The van der Waals surface area contributed by atoms with E-state index in [0.29, 0.717) is 21.6 Å². The summed E-state index contributed by atoms with van der Waals surface area (Å²) in [6.45, 7) is 2.45. The maximum absolute atomic E-state index is 12.9. The minimum Gasteiger partial charge on any atom is -0.316 e. The summed E-state index contributed by atoms with van der Waals surface area (Å²) in [4.78, 5) is 17.0. The zero-order chi connectivity index (χ0) is 21.4. The molecule has 29 heavy (non-hydrogen) atoms. The van der Waals surface area contributed by atoms with Gasteiger partial charge in [0.15, 0.2) is 14.6 Å². The Kier molecular flexibility index (Phi) is 5.68. The first kappa shape index (κ1) is 21.3. The van der Waals surface area contributed by atoms with Crippen molar-refractivity contribution < 1.29 is 26.4 Å². The van der Waals surface area contributed by atoms with Crippen LogP contribution in [-0.2, 0) is 22.6 Å². The summed E-state index contributed by atoms with van der Waals surface area (Å²) in [5.41, 5.74) is -0.383. The van der Waals surface area contributed by atoms with Gasteiger partial charge < -0.3 is 4.57 Å². The van der Waals surface area contributed by atoms with Crippen LogP contribution < -0.4 is 4.80 Å². The number of alkyl halides is 3. The molecular formula is C19H17F3N2O3S2. The number of rotatable bonds is 4. The molecule has 0 aliphatic heterocycles. The zero-order valence-electron chi connectivity index (χ0n) is 15.5. The van der Waals surface area contributed by atoms with Crippen LogP contribution in [0.3, 0.4) is 0 Å². The van der Waals surface area contributed by atoms with Gasteiger partial charge in [-0.15, -0.1) is 0 Å². The Morgan fingerprint density at radius 3 is 2.52 bits per heavy atom. The van der Waals surface area contributed by atoms with Gasteiger partial charge in [0.25, 0.3) is 5.91 Å². The number of amides is 1. The van der Waals surface area contributed by atoms with E-state index in [4.69, 9.17) is 0 Å². The summed E-state index contributed by atoms with van der Waals surface area (Å²) >= 11 is 1.12. The molecule has 0 bridgehead atoms. The average molecular weight is 442 g/mol. The standard InChI is InChI=1S/C19H17F3N2O3S2/c1-3-9-24-15-8-7-14(29(2,26)27)11-16(15)28-18(24)23-17(25)12-5-4-6-13(10-12)19(20,21)22/h4-8,10-11H,3,9H2,1-2H3. The van der Waals surface area contributed by atoms with Crippen LogP contribution >= 0.6 is 11.3 Å². The number of sulfone groups is 1. The van der Waals surface area contributed by atoms with Crippen molar-refractivity contribution in [3.05, 3.63) is 58.4 Å². The second-order valence-corrected chi connectivity index (χ2v) is 9.46. The Hall–Kier alpha value is -2.46. The topological polar surface area (TPSA) is 68.5 Å². The molecule has 0 aliphatic carbocycles. The molecule has 10 heteroatoms. The van der Waals surface area contributed by atoms with E-state index in [2.05, 4.69) is 4.99 Å². The van der Waals surface area contributed by atoms with E-state index in [9.17, 15) is 26.4 Å². The third-order valence-corrected chi connectivity index (χ3v) is 6.32. The molecule has 0 radical (unpaired) electrons. The highest BCUT2D eigenvalue weighted by Gasteiger charge is 2.30. The van der Waals surface area contributed by atoms with Gasteiger partial charge in [0.1, 0.15) is 0 Å². The van der Waals surface area contributed by atoms with Gasteiger partial charge in [-0.05, 0) is 42.8 Å². The minimum atomic E-state index is -4.56. The van der Waals surface area contributed by atoms with Crippen molar-refractivity contribution >= 4 is 37.3 Å². The molecule has 0 saturated heterocycles. The van der Waals surface area contributed by atoms with E-state index in [1.165, 1.54) is 18.2 Å². The molecule has 1 amide bonds. The average Bonchev–Trinajstić information content (AvgIpc) is 2.97. The Morgan fingerprint density at radius 1 is 1.17 bits per heavy atom. The van der Waals surface area contributed by atoms with Crippen molar-refractivity contribution in [1.29, 1.82) is 0 Å². The number of aryl methyl sites for hydroxylation is 1. The zero-order valence-corrected chi connectivity index (χ0v) is 17.2. The maximum Gasteiger partial charge on any atom is 0.416 e. The van der Waals surface area contributed by atoms with E-state index >= 15 is 0 Å². The summed E-state index contributed by atoms with van der Waals surface area (Å²) in [6.07, 6.45) is -2.73. The first-order valence-electron chi connectivity index (χ1n) is 8.60. The van der Waals surface area contributed by atoms with Gasteiger partial charge in [-0.1, -0.05) is 24.3 Å². The molecule has 0 spiro atoms. The highest BCUT2D eigenvalue weighted by Crippen LogP contribution is 2.29. The van der Waals surface area contributed by atoms with E-state index in [1.807, 2.05) is 6.92 Å². The predicted octanol–water partition coefficient (Wildman–Crippen LogP) is 4.28. The van der Waals surface area contributed by atoms with Crippen LogP contribution in [0.2, 0.25) is 0 Å². The first-order valence-corrected chi connectivity index (χ1v) is 11.3. The SMILES string of the molecule is CCCn1c(=NC(=O)c2cccc(C(F)(F)F)c2)sc2cc(S(C)(=O)=O)ccc21. The van der Waals surface area contributed by atoms with E-state index in [1.54, 1.807) is 10.6 Å². The number of halogens is 3. The molecule has 0 fully saturated rings. The van der Waals surface area contributed by atoms with Crippen LogP contribution in [0.15, 0.2) is 52.4 Å². The van der Waals surface area contributed by atoms with Crippen molar-refractivity contribution in [2.45, 2.75) is 31.0 Å². The summed E-state index contributed by atoms with van der Waals surface area (Å²) in [7, 11) is -3.40. The highest BCUT2D eigenvalue weighted by atomic mass is 32.2. The molecule has 1 aromatic heterocycles. The highest BCUT2D eigenvalue weighted by molar-refractivity contribution is 7.90. The van der Waals surface area contributed by atoms with Gasteiger partial charge in [0.2, 0.25) is 0 Å². The monoisotopic (exact) mass is 442 g/mol.